The van der Waals surface area contributed by atoms with Gasteiger partial charge in [-0.15, -0.1) is 0 Å². The van der Waals surface area contributed by atoms with Crippen LogP contribution in [-0.4, -0.2) is 50.1 Å². The van der Waals surface area contributed by atoms with Crippen molar-refractivity contribution in [1.29, 1.82) is 0 Å². The number of carbonyl (C=O) groups is 1. The molecule has 1 N–H and O–H groups in total. The van der Waals surface area contributed by atoms with Gasteiger partial charge in [-0.25, -0.2) is 8.42 Å². The monoisotopic (exact) mass is 391 g/mol. The Morgan fingerprint density at radius 2 is 1.70 bits per heavy atom. The molecule has 146 valence electrons. The Hall–Kier alpha value is -2.32. The molecule has 7 nitrogen and oxygen atoms in total. The first-order valence-electron chi connectivity index (χ1n) is 8.85. The topological polar surface area (TPSA) is 80.6 Å². The Kier molecular flexibility index (Phi) is 5.30. The molecule has 8 heteroatoms. The molecule has 0 unspecified atom stereocenters. The number of anilines is 1. The average molecular weight is 391 g/mol. The molecule has 0 bridgehead atoms. The number of hydrogen-bond acceptors (Lipinski definition) is 4. The molecule has 1 amide bonds. The third-order valence-corrected chi connectivity index (χ3v) is 6.62. The maximum Gasteiger partial charge on any atom is 0.264 e. The van der Waals surface area contributed by atoms with E-state index < -0.39 is 10.0 Å². The summed E-state index contributed by atoms with van der Waals surface area (Å²) in [5, 5.41) is 0. The minimum atomic E-state index is -3.93. The molecule has 0 radical (unpaired) electrons. The molecule has 3 rings (SSSR count). The zero-order valence-corrected chi connectivity index (χ0v) is 16.9. The van der Waals surface area contributed by atoms with Gasteiger partial charge >= 0.3 is 0 Å². The Labute approximate surface area is 160 Å². The van der Waals surface area contributed by atoms with Crippen molar-refractivity contribution in [1.82, 2.24) is 9.47 Å². The third-order valence-electron chi connectivity index (χ3n) is 5.09. The van der Waals surface area contributed by atoms with Gasteiger partial charge in [0.15, 0.2) is 0 Å². The number of rotatable bonds is 4. The predicted molar refractivity (Wildman–Crippen MR) is 104 cm³/mol. The summed E-state index contributed by atoms with van der Waals surface area (Å²) in [6.45, 7) is 7.15. The van der Waals surface area contributed by atoms with Gasteiger partial charge in [0.2, 0.25) is 0 Å². The summed E-state index contributed by atoms with van der Waals surface area (Å²) in [4.78, 5) is 14.8. The van der Waals surface area contributed by atoms with Crippen LogP contribution in [0.3, 0.4) is 0 Å². The molecule has 2 aromatic rings. The molecule has 1 aromatic heterocycles. The Balaban J connectivity index is 2.08. The fourth-order valence-electron chi connectivity index (χ4n) is 3.31. The quantitative estimate of drug-likeness (QED) is 0.867. The third kappa shape index (κ3) is 3.59. The number of hydrogen-bond donors (Lipinski definition) is 1. The minimum Gasteiger partial charge on any atom is -0.378 e. The summed E-state index contributed by atoms with van der Waals surface area (Å²) in [7, 11) is -2.16. The number of nitrogens with zero attached hydrogens (tertiary/aromatic N) is 2. The summed E-state index contributed by atoms with van der Waals surface area (Å²) in [6, 6.07) is 7.16. The van der Waals surface area contributed by atoms with Gasteiger partial charge in [0.1, 0.15) is 4.90 Å². The fourth-order valence-corrected chi connectivity index (χ4v) is 4.96. The lowest BCUT2D eigenvalue weighted by Crippen LogP contribution is -2.41. The highest BCUT2D eigenvalue weighted by Crippen LogP contribution is 2.30. The Morgan fingerprint density at radius 3 is 2.33 bits per heavy atom. The summed E-state index contributed by atoms with van der Waals surface area (Å²) >= 11 is 0. The standard InChI is InChI=1S/C19H25N3O4S/c1-13-7-5-6-8-16(13)20-27(24,25)18-15(3)21(4)14(2)17(18)19(23)22-9-11-26-12-10-22/h5-8,20H,9-12H2,1-4H3. The first-order valence-corrected chi connectivity index (χ1v) is 10.3. The van der Waals surface area contributed by atoms with Crippen LogP contribution in [0, 0.1) is 20.8 Å². The Morgan fingerprint density at radius 1 is 1.07 bits per heavy atom. The molecule has 1 aliphatic heterocycles. The molecule has 0 saturated carbocycles. The SMILES string of the molecule is Cc1ccccc1NS(=O)(=O)c1c(C(=O)N2CCOCC2)c(C)n(C)c1C. The van der Waals surface area contributed by atoms with Gasteiger partial charge in [-0.1, -0.05) is 18.2 Å². The number of para-hydroxylation sites is 1. The van der Waals surface area contributed by atoms with E-state index in [2.05, 4.69) is 4.72 Å². The van der Waals surface area contributed by atoms with Gasteiger partial charge in [-0.05, 0) is 32.4 Å². The number of benzene rings is 1. The van der Waals surface area contributed by atoms with E-state index >= 15 is 0 Å². The average Bonchev–Trinajstić information content (AvgIpc) is 2.88. The van der Waals surface area contributed by atoms with Gasteiger partial charge in [-0.3, -0.25) is 9.52 Å². The summed E-state index contributed by atoms with van der Waals surface area (Å²) in [5.41, 5.74) is 2.72. The first kappa shape index (κ1) is 19.4. The normalized spacial score (nSPS) is 15.0. The van der Waals surface area contributed by atoms with E-state index in [-0.39, 0.29) is 16.4 Å². The lowest BCUT2D eigenvalue weighted by atomic mass is 10.2. The van der Waals surface area contributed by atoms with Crippen LogP contribution >= 0.6 is 0 Å². The number of ether oxygens (including phenoxy) is 1. The van der Waals surface area contributed by atoms with Gasteiger partial charge in [0, 0.05) is 31.5 Å². The van der Waals surface area contributed by atoms with E-state index in [0.717, 1.165) is 5.56 Å². The van der Waals surface area contributed by atoms with Gasteiger partial charge in [0.05, 0.1) is 24.5 Å². The highest BCUT2D eigenvalue weighted by molar-refractivity contribution is 7.92. The number of nitrogens with one attached hydrogen (secondary N) is 1. The van der Waals surface area contributed by atoms with E-state index in [4.69, 9.17) is 4.74 Å². The number of amides is 1. The summed E-state index contributed by atoms with van der Waals surface area (Å²) in [5.74, 6) is -0.273. The second kappa shape index (κ2) is 7.36. The maximum atomic E-state index is 13.2. The maximum absolute atomic E-state index is 13.2. The molecule has 1 aromatic carbocycles. The van der Waals surface area contributed by atoms with Crippen molar-refractivity contribution in [3.63, 3.8) is 0 Å². The minimum absolute atomic E-state index is 0.0437. The molecule has 0 aliphatic carbocycles. The van der Waals surface area contributed by atoms with Crippen LogP contribution in [0.5, 0.6) is 0 Å². The lowest BCUT2D eigenvalue weighted by Gasteiger charge is -2.27. The fraction of sp³-hybridized carbons (Fsp3) is 0.421. The van der Waals surface area contributed by atoms with Crippen molar-refractivity contribution >= 4 is 21.6 Å². The number of aromatic nitrogens is 1. The number of aryl methyl sites for hydroxylation is 1. The van der Waals surface area contributed by atoms with Crippen LogP contribution in [0.2, 0.25) is 0 Å². The van der Waals surface area contributed by atoms with Crippen molar-refractivity contribution in [2.24, 2.45) is 7.05 Å². The zero-order chi connectivity index (χ0) is 19.8. The van der Waals surface area contributed by atoms with E-state index in [0.29, 0.717) is 43.4 Å². The van der Waals surface area contributed by atoms with Crippen LogP contribution in [0.15, 0.2) is 29.2 Å². The molecular formula is C19H25N3O4S. The van der Waals surface area contributed by atoms with Crippen LogP contribution < -0.4 is 4.72 Å². The highest BCUT2D eigenvalue weighted by Gasteiger charge is 2.33. The molecule has 1 saturated heterocycles. The van der Waals surface area contributed by atoms with Crippen molar-refractivity contribution in [2.45, 2.75) is 25.7 Å². The van der Waals surface area contributed by atoms with E-state index in [1.165, 1.54) is 0 Å². The van der Waals surface area contributed by atoms with Crippen LogP contribution in [0.4, 0.5) is 5.69 Å². The van der Waals surface area contributed by atoms with Gasteiger partial charge in [-0.2, -0.15) is 0 Å². The largest absolute Gasteiger partial charge is 0.378 e. The van der Waals surface area contributed by atoms with Crippen molar-refractivity contribution in [3.8, 4) is 0 Å². The molecule has 27 heavy (non-hydrogen) atoms. The van der Waals surface area contributed by atoms with E-state index in [9.17, 15) is 13.2 Å². The number of morpholine rings is 1. The Bertz CT molecular complexity index is 973. The molecule has 1 fully saturated rings. The second-order valence-corrected chi connectivity index (χ2v) is 8.38. The second-order valence-electron chi connectivity index (χ2n) is 6.76. The summed E-state index contributed by atoms with van der Waals surface area (Å²) in [6.07, 6.45) is 0. The summed E-state index contributed by atoms with van der Waals surface area (Å²) < 4.78 is 36.2. The molecule has 2 heterocycles. The number of sulfonamides is 1. The van der Waals surface area contributed by atoms with Crippen molar-refractivity contribution in [3.05, 3.63) is 46.8 Å². The van der Waals surface area contributed by atoms with Gasteiger partial charge in [0.25, 0.3) is 15.9 Å². The predicted octanol–water partition coefficient (Wildman–Crippen LogP) is 2.22. The molecule has 0 spiro atoms. The molecule has 0 atom stereocenters. The van der Waals surface area contributed by atoms with E-state index in [1.807, 2.05) is 19.1 Å². The highest BCUT2D eigenvalue weighted by atomic mass is 32.2. The zero-order valence-electron chi connectivity index (χ0n) is 16.1. The van der Waals surface area contributed by atoms with Crippen LogP contribution in [-0.2, 0) is 21.8 Å². The number of carbonyl (C=O) groups excluding carboxylic acids is 1. The first-order chi connectivity index (χ1) is 12.7. The van der Waals surface area contributed by atoms with E-state index in [1.54, 1.807) is 42.5 Å². The van der Waals surface area contributed by atoms with Gasteiger partial charge < -0.3 is 14.2 Å². The molecular weight excluding hydrogens is 366 g/mol. The lowest BCUT2D eigenvalue weighted by molar-refractivity contribution is 0.0300. The molecule has 1 aliphatic rings. The van der Waals surface area contributed by atoms with Crippen LogP contribution in [0.25, 0.3) is 0 Å². The smallest absolute Gasteiger partial charge is 0.264 e. The van der Waals surface area contributed by atoms with Crippen molar-refractivity contribution < 1.29 is 17.9 Å². The van der Waals surface area contributed by atoms with Crippen molar-refractivity contribution in [2.75, 3.05) is 31.0 Å². The van der Waals surface area contributed by atoms with Crippen LogP contribution in [0.1, 0.15) is 27.3 Å².